The first-order valence-corrected chi connectivity index (χ1v) is 15.7. The lowest BCUT2D eigenvalue weighted by Gasteiger charge is -2.23. The van der Waals surface area contributed by atoms with Gasteiger partial charge in [0.1, 0.15) is 6.04 Å². The van der Waals surface area contributed by atoms with Crippen molar-refractivity contribution in [3.63, 3.8) is 0 Å². The predicted molar refractivity (Wildman–Crippen MR) is 178 cm³/mol. The highest BCUT2D eigenvalue weighted by Crippen LogP contribution is 2.50. The molecule has 11 heteroatoms. The number of benzene rings is 2. The van der Waals surface area contributed by atoms with Crippen molar-refractivity contribution in [2.24, 2.45) is 5.92 Å². The third kappa shape index (κ3) is 6.44. The number of ether oxygens (including phenoxy) is 3. The maximum absolute atomic E-state index is 13.9. The van der Waals surface area contributed by atoms with E-state index in [0.717, 1.165) is 21.3 Å². The Hall–Kier alpha value is -4.64. The van der Waals surface area contributed by atoms with E-state index in [1.807, 2.05) is 50.2 Å². The van der Waals surface area contributed by atoms with Gasteiger partial charge in [-0.05, 0) is 65.8 Å². The topological polar surface area (TPSA) is 128 Å². The second-order valence-corrected chi connectivity index (χ2v) is 12.1. The molecule has 0 radical (unpaired) electrons. The number of fused-ring (bicyclic) bond motifs is 4. The van der Waals surface area contributed by atoms with E-state index >= 15 is 0 Å². The number of thiazole rings is 1. The lowest BCUT2D eigenvalue weighted by atomic mass is 9.95. The Balaban J connectivity index is 1.60. The van der Waals surface area contributed by atoms with E-state index in [1.165, 1.54) is 18.3 Å². The number of nitrogens with zero attached hydrogens (tertiary/aromatic N) is 1. The van der Waals surface area contributed by atoms with Gasteiger partial charge in [-0.2, -0.15) is 0 Å². The number of carbonyl (C=O) groups is 2. The zero-order chi connectivity index (χ0) is 32.2. The molecule has 0 aliphatic heterocycles. The fourth-order valence-electron chi connectivity index (χ4n) is 5.81. The Bertz CT molecular complexity index is 1770. The number of carbonyl (C=O) groups excluding carboxylic acids is 2. The zero-order valence-corrected chi connectivity index (χ0v) is 27.1. The summed E-state index contributed by atoms with van der Waals surface area (Å²) in [4.78, 5) is 44.3. The number of rotatable bonds is 10. The van der Waals surface area contributed by atoms with E-state index in [2.05, 4.69) is 20.9 Å². The third-order valence-electron chi connectivity index (χ3n) is 8.25. The summed E-state index contributed by atoms with van der Waals surface area (Å²) >= 11 is 1.40. The second-order valence-electron chi connectivity index (χ2n) is 11.1. The largest absolute Gasteiger partial charge is 0.493 e. The van der Waals surface area contributed by atoms with E-state index in [-0.39, 0.29) is 28.8 Å². The van der Waals surface area contributed by atoms with Crippen LogP contribution in [0.4, 0.5) is 10.8 Å². The molecule has 1 aromatic heterocycles. The van der Waals surface area contributed by atoms with Gasteiger partial charge in [-0.15, -0.1) is 0 Å². The minimum absolute atomic E-state index is 0.105. The Morgan fingerprint density at radius 3 is 2.47 bits per heavy atom. The van der Waals surface area contributed by atoms with Gasteiger partial charge in [0.15, 0.2) is 16.6 Å². The van der Waals surface area contributed by atoms with Crippen molar-refractivity contribution in [1.29, 1.82) is 0 Å². The number of nitrogens with one attached hydrogen (secondary N) is 3. The molecular weight excluding hydrogens is 592 g/mol. The molecule has 4 aromatic rings. The molecule has 10 nitrogen and oxygen atoms in total. The van der Waals surface area contributed by atoms with Crippen LogP contribution in [0.1, 0.15) is 50.8 Å². The van der Waals surface area contributed by atoms with Crippen molar-refractivity contribution < 1.29 is 23.8 Å². The summed E-state index contributed by atoms with van der Waals surface area (Å²) in [6.07, 6.45) is 1.84. The highest BCUT2D eigenvalue weighted by Gasteiger charge is 2.30. The van der Waals surface area contributed by atoms with Gasteiger partial charge < -0.3 is 30.2 Å². The molecule has 3 atom stereocenters. The fraction of sp³-hybridized carbons (Fsp3) is 0.353. The molecule has 0 fully saturated rings. The van der Waals surface area contributed by atoms with Crippen LogP contribution in [0.2, 0.25) is 0 Å². The third-order valence-corrected chi connectivity index (χ3v) is 9.20. The SMILES string of the molecule is CCC(C)C(Nc1ccc2c(cc1=O)C(NC(C)=O)CCc1cc(OC)c(OC)c(OC)c1-2)C(=O)Nc1nc2ccccc2s1. The molecule has 3 aromatic carbocycles. The molecule has 1 aliphatic rings. The molecule has 3 unspecified atom stereocenters. The lowest BCUT2D eigenvalue weighted by molar-refractivity contribution is -0.120. The van der Waals surface area contributed by atoms with Gasteiger partial charge in [-0.3, -0.25) is 14.4 Å². The number of para-hydroxylation sites is 1. The van der Waals surface area contributed by atoms with Crippen molar-refractivity contribution in [2.45, 2.75) is 52.1 Å². The average Bonchev–Trinajstić information content (AvgIpc) is 3.30. The molecule has 45 heavy (non-hydrogen) atoms. The number of amides is 2. The fourth-order valence-corrected chi connectivity index (χ4v) is 6.67. The summed E-state index contributed by atoms with van der Waals surface area (Å²) in [7, 11) is 4.67. The molecule has 3 N–H and O–H groups in total. The minimum Gasteiger partial charge on any atom is -0.493 e. The lowest BCUT2D eigenvalue weighted by Crippen LogP contribution is -2.40. The normalized spacial score (nSPS) is 15.1. The average molecular weight is 631 g/mol. The van der Waals surface area contributed by atoms with Gasteiger partial charge in [0.25, 0.3) is 0 Å². The van der Waals surface area contributed by atoms with Crippen LogP contribution in [-0.4, -0.2) is 44.2 Å². The van der Waals surface area contributed by atoms with Gasteiger partial charge in [-0.25, -0.2) is 4.98 Å². The molecule has 2 amide bonds. The van der Waals surface area contributed by atoms with Gasteiger partial charge in [0, 0.05) is 12.5 Å². The quantitative estimate of drug-likeness (QED) is 0.197. The van der Waals surface area contributed by atoms with Crippen LogP contribution in [0.3, 0.4) is 0 Å². The number of anilines is 2. The highest BCUT2D eigenvalue weighted by molar-refractivity contribution is 7.22. The van der Waals surface area contributed by atoms with Gasteiger partial charge in [-0.1, -0.05) is 49.8 Å². The second kappa shape index (κ2) is 13.6. The summed E-state index contributed by atoms with van der Waals surface area (Å²) in [5, 5.41) is 9.72. The maximum atomic E-state index is 13.9. The van der Waals surface area contributed by atoms with E-state index in [0.29, 0.717) is 52.8 Å². The number of hydrogen-bond donors (Lipinski definition) is 3. The van der Waals surface area contributed by atoms with Crippen molar-refractivity contribution in [2.75, 3.05) is 32.0 Å². The maximum Gasteiger partial charge on any atom is 0.248 e. The summed E-state index contributed by atoms with van der Waals surface area (Å²) < 4.78 is 18.1. The van der Waals surface area contributed by atoms with Gasteiger partial charge >= 0.3 is 0 Å². The summed E-state index contributed by atoms with van der Waals surface area (Å²) in [6.45, 7) is 5.42. The van der Waals surface area contributed by atoms with E-state index in [1.54, 1.807) is 33.5 Å². The Labute approximate surface area is 266 Å². The number of aryl methyl sites for hydroxylation is 1. The summed E-state index contributed by atoms with van der Waals surface area (Å²) in [5.74, 6) is 0.827. The predicted octanol–water partition coefficient (Wildman–Crippen LogP) is 5.94. The molecule has 1 heterocycles. The van der Waals surface area contributed by atoms with Crippen LogP contribution in [0, 0.1) is 5.92 Å². The molecule has 0 spiro atoms. The van der Waals surface area contributed by atoms with Gasteiger partial charge in [0.2, 0.25) is 23.0 Å². The number of methoxy groups -OCH3 is 3. The Morgan fingerprint density at radius 1 is 1.04 bits per heavy atom. The molecule has 236 valence electrons. The van der Waals surface area contributed by atoms with Crippen LogP contribution in [0.25, 0.3) is 21.3 Å². The van der Waals surface area contributed by atoms with Crippen LogP contribution < -0.4 is 35.6 Å². The van der Waals surface area contributed by atoms with Crippen LogP contribution >= 0.6 is 11.3 Å². The Morgan fingerprint density at radius 2 is 1.80 bits per heavy atom. The number of aromatic nitrogens is 1. The molecular formula is C34H38N4O6S. The van der Waals surface area contributed by atoms with Crippen molar-refractivity contribution >= 4 is 44.2 Å². The first kappa shape index (κ1) is 31.8. The Kier molecular flexibility index (Phi) is 9.57. The van der Waals surface area contributed by atoms with Crippen molar-refractivity contribution in [3.05, 3.63) is 69.9 Å². The van der Waals surface area contributed by atoms with E-state index < -0.39 is 12.1 Å². The van der Waals surface area contributed by atoms with Crippen LogP contribution in [0.15, 0.2) is 53.3 Å². The highest BCUT2D eigenvalue weighted by atomic mass is 32.1. The molecule has 1 aliphatic carbocycles. The standard InChI is InChI=1S/C34H38N4O6S/c1-7-18(2)30(33(41)38-34-37-25-10-8-9-11-28(25)45-34)36-24-15-13-21-22(17-26(24)40)23(35-19(3)39)14-12-20-16-27(42-4)31(43-5)32(44-6)29(20)21/h8-11,13,15-18,23,30H,7,12,14H2,1-6H3,(H,35,39)(H,36,40)(H,37,38,41). The molecule has 0 saturated carbocycles. The first-order chi connectivity index (χ1) is 21.7. The molecule has 0 saturated heterocycles. The number of hydrogen-bond acceptors (Lipinski definition) is 9. The summed E-state index contributed by atoms with van der Waals surface area (Å²) in [6, 6.07) is 13.5. The smallest absolute Gasteiger partial charge is 0.248 e. The zero-order valence-electron chi connectivity index (χ0n) is 26.3. The van der Waals surface area contributed by atoms with Crippen LogP contribution in [0.5, 0.6) is 17.2 Å². The molecule has 5 rings (SSSR count). The van der Waals surface area contributed by atoms with E-state index in [9.17, 15) is 14.4 Å². The minimum atomic E-state index is -0.714. The van der Waals surface area contributed by atoms with Crippen molar-refractivity contribution in [1.82, 2.24) is 10.3 Å². The first-order valence-electron chi connectivity index (χ1n) is 14.9. The summed E-state index contributed by atoms with van der Waals surface area (Å²) in [5.41, 5.74) is 3.80. The van der Waals surface area contributed by atoms with Crippen LogP contribution in [-0.2, 0) is 16.0 Å². The molecule has 0 bridgehead atoms. The monoisotopic (exact) mass is 630 g/mol. The van der Waals surface area contributed by atoms with Gasteiger partial charge in [0.05, 0.1) is 43.3 Å². The van der Waals surface area contributed by atoms with Crippen molar-refractivity contribution in [3.8, 4) is 28.4 Å². The van der Waals surface area contributed by atoms with E-state index in [4.69, 9.17) is 14.2 Å².